The summed E-state index contributed by atoms with van der Waals surface area (Å²) >= 11 is 0. The van der Waals surface area contributed by atoms with Gasteiger partial charge in [0.1, 0.15) is 0 Å². The Morgan fingerprint density at radius 3 is 0.955 bits per heavy atom. The highest BCUT2D eigenvalue weighted by molar-refractivity contribution is 5.32. The summed E-state index contributed by atoms with van der Waals surface area (Å²) in [5.41, 5.74) is 1.26. The number of aromatic nitrogens is 4. The first-order valence-electron chi connectivity index (χ1n) is 17.0. The van der Waals surface area contributed by atoms with Crippen molar-refractivity contribution in [2.75, 3.05) is 9.80 Å². The fourth-order valence-corrected chi connectivity index (χ4v) is 6.16. The molecule has 44 heavy (non-hydrogen) atoms. The number of anilines is 2. The van der Waals surface area contributed by atoms with Gasteiger partial charge in [-0.2, -0.15) is 9.97 Å². The number of rotatable bonds is 15. The minimum atomic E-state index is 0.246. The number of unbranched alkanes of at least 4 members (excludes halogenated alkanes) is 1. The second-order valence-electron chi connectivity index (χ2n) is 14.2. The van der Waals surface area contributed by atoms with Crippen LogP contribution in [0.2, 0.25) is 0 Å². The molecular weight excluding hydrogens is 552 g/mol. The molecule has 0 radical (unpaired) electrons. The Morgan fingerprint density at radius 1 is 0.455 bits per heavy atom. The number of hydrogen-bond donors (Lipinski definition) is 0. The average molecular weight is 617 g/mol. The Kier molecular flexibility index (Phi) is 14.0. The van der Waals surface area contributed by atoms with Crippen LogP contribution in [-0.2, 0) is 12.8 Å². The van der Waals surface area contributed by atoms with Crippen LogP contribution in [0.1, 0.15) is 135 Å². The maximum atomic E-state index is 6.39. The summed E-state index contributed by atoms with van der Waals surface area (Å²) in [5, 5.41) is 0. The third kappa shape index (κ3) is 9.86. The van der Waals surface area contributed by atoms with Crippen LogP contribution in [0.3, 0.4) is 0 Å². The van der Waals surface area contributed by atoms with E-state index >= 15 is 0 Å². The van der Waals surface area contributed by atoms with Crippen LogP contribution in [-0.4, -0.2) is 68.3 Å². The largest absolute Gasteiger partial charge is 0.504 e. The van der Waals surface area contributed by atoms with Gasteiger partial charge in [0, 0.05) is 47.0 Å². The van der Waals surface area contributed by atoms with Crippen molar-refractivity contribution in [3.8, 4) is 0 Å². The van der Waals surface area contributed by atoms with Crippen LogP contribution in [0.4, 0.5) is 11.9 Å². The normalized spacial score (nSPS) is 12.3. The summed E-state index contributed by atoms with van der Waals surface area (Å²) in [4.78, 5) is 24.3. The Bertz CT molecular complexity index is 1180. The third-order valence-electron chi connectivity index (χ3n) is 7.64. The van der Waals surface area contributed by atoms with Crippen molar-refractivity contribution in [2.24, 2.45) is 0 Å². The molecule has 0 saturated heterocycles. The molecule has 250 valence electrons. The molecule has 0 fully saturated rings. The van der Waals surface area contributed by atoms with Gasteiger partial charge < -0.3 is 18.6 Å². The lowest BCUT2D eigenvalue weighted by Crippen LogP contribution is -2.45. The Balaban J connectivity index is 2.50. The quantitative estimate of drug-likeness (QED) is 0.193. The van der Waals surface area contributed by atoms with E-state index in [-0.39, 0.29) is 48.3 Å². The van der Waals surface area contributed by atoms with E-state index in [1.165, 1.54) is 0 Å². The van der Waals surface area contributed by atoms with Crippen LogP contribution in [0, 0.1) is 0 Å². The smallest absolute Gasteiger partial charge is 0.374 e. The monoisotopic (exact) mass is 617 g/mol. The van der Waals surface area contributed by atoms with Gasteiger partial charge in [-0.25, -0.2) is 9.15 Å². The maximum Gasteiger partial charge on any atom is 0.504 e. The van der Waals surface area contributed by atoms with Gasteiger partial charge in [-0.1, -0.05) is 0 Å². The fourth-order valence-electron chi connectivity index (χ4n) is 6.16. The molecule has 0 unspecified atom stereocenters. The van der Waals surface area contributed by atoms with Crippen molar-refractivity contribution in [1.82, 2.24) is 29.1 Å². The molecule has 0 atom stereocenters. The molecule has 0 aliphatic carbocycles. The first-order valence-corrected chi connectivity index (χ1v) is 17.0. The van der Waals surface area contributed by atoms with Gasteiger partial charge in [-0.05, 0) is 124 Å². The highest BCUT2D eigenvalue weighted by atomic mass is 16.4. The van der Waals surface area contributed by atoms with Gasteiger partial charge in [0.25, 0.3) is 0 Å². The van der Waals surface area contributed by atoms with Gasteiger partial charge in [-0.3, -0.25) is 0 Å². The molecule has 2 aromatic heterocycles. The minimum absolute atomic E-state index is 0.246. The maximum absolute atomic E-state index is 6.39. The molecule has 10 heteroatoms. The topological polar surface area (TPSA) is 90.3 Å². The Labute approximate surface area is 267 Å². The fraction of sp³-hybridized carbons (Fsp3) is 0.824. The molecule has 0 aliphatic heterocycles. The zero-order chi connectivity index (χ0) is 33.5. The third-order valence-corrected chi connectivity index (χ3v) is 7.64. The van der Waals surface area contributed by atoms with Crippen LogP contribution < -0.4 is 30.3 Å². The lowest BCUT2D eigenvalue weighted by atomic mass is 10.2. The lowest BCUT2D eigenvalue weighted by molar-refractivity contribution is 0.294. The van der Waals surface area contributed by atoms with E-state index in [0.29, 0.717) is 36.0 Å². The van der Waals surface area contributed by atoms with E-state index in [1.807, 2.05) is 0 Å². The van der Waals surface area contributed by atoms with E-state index in [1.54, 1.807) is 0 Å². The summed E-state index contributed by atoms with van der Waals surface area (Å²) in [6.45, 7) is 34.9. The Morgan fingerprint density at radius 2 is 0.727 bits per heavy atom. The number of nitrogens with zero attached hydrogens (tertiary/aromatic N) is 8. The molecule has 0 aromatic carbocycles. The molecule has 0 N–H and O–H groups in total. The molecule has 0 bridgehead atoms. The molecule has 0 aliphatic rings. The Hall–Kier alpha value is -2.78. The molecular formula is C34H64N8O2+2. The zero-order valence-corrected chi connectivity index (χ0v) is 30.8. The first-order chi connectivity index (χ1) is 20.5. The predicted octanol–water partition coefficient (Wildman–Crippen LogP) is 5.44. The van der Waals surface area contributed by atoms with Crippen LogP contribution in [0.15, 0.2) is 8.83 Å². The second-order valence-corrected chi connectivity index (χ2v) is 14.2. The highest BCUT2D eigenvalue weighted by Gasteiger charge is 2.28. The number of aryl methyl sites for hydroxylation is 2. The molecule has 2 aromatic rings. The molecule has 2 rings (SSSR count). The van der Waals surface area contributed by atoms with Crippen LogP contribution in [0.5, 0.6) is 0 Å². The standard InChI is InChI=1S/C34H64N8O2/c1-21(2)39(22(3)4)31-35-29(43-33(37-31)41(25(9)10)26(11)12)19-17-18-20-30-36-32(40(23(5)6)24(7)8)38-34(44-30)42(27(13)14)28(15)16/h21-28H,17-20H2,1-16H3/q+2. The van der Waals surface area contributed by atoms with Crippen LogP contribution >= 0.6 is 0 Å². The van der Waals surface area contributed by atoms with Gasteiger partial charge in [0.2, 0.25) is 11.8 Å². The number of hydrogen-bond acceptors (Lipinski definition) is 8. The highest BCUT2D eigenvalue weighted by Crippen LogP contribution is 2.17. The molecule has 0 amide bonds. The predicted molar refractivity (Wildman–Crippen MR) is 182 cm³/mol. The van der Waals surface area contributed by atoms with Crippen molar-refractivity contribution in [3.63, 3.8) is 0 Å². The second kappa shape index (κ2) is 16.5. The average Bonchev–Trinajstić information content (AvgIpc) is 2.85. The zero-order valence-electron chi connectivity index (χ0n) is 30.8. The molecule has 10 nitrogen and oxygen atoms in total. The van der Waals surface area contributed by atoms with Gasteiger partial charge in [0.15, 0.2) is 0 Å². The van der Waals surface area contributed by atoms with Gasteiger partial charge in [-0.15, -0.1) is 0 Å². The van der Waals surface area contributed by atoms with Crippen molar-refractivity contribution >= 4 is 11.9 Å². The van der Waals surface area contributed by atoms with E-state index < -0.39 is 0 Å². The van der Waals surface area contributed by atoms with Crippen molar-refractivity contribution in [2.45, 2.75) is 185 Å². The van der Waals surface area contributed by atoms with E-state index in [0.717, 1.165) is 24.7 Å². The van der Waals surface area contributed by atoms with Crippen molar-refractivity contribution in [3.05, 3.63) is 23.2 Å². The molecule has 0 saturated carbocycles. The summed E-state index contributed by atoms with van der Waals surface area (Å²) in [6, 6.07) is 2.04. The van der Waals surface area contributed by atoms with E-state index in [2.05, 4.69) is 130 Å². The summed E-state index contributed by atoms with van der Waals surface area (Å²) in [6.07, 6.45) is 3.17. The van der Waals surface area contributed by atoms with E-state index in [9.17, 15) is 0 Å². The van der Waals surface area contributed by atoms with E-state index in [4.69, 9.17) is 28.8 Å². The van der Waals surface area contributed by atoms with Crippen LogP contribution in [0.25, 0.3) is 0 Å². The summed E-state index contributed by atoms with van der Waals surface area (Å²) < 4.78 is 17.2. The van der Waals surface area contributed by atoms with Crippen molar-refractivity contribution in [1.29, 1.82) is 0 Å². The van der Waals surface area contributed by atoms with Gasteiger partial charge in [0.05, 0.1) is 24.2 Å². The molecule has 0 spiro atoms. The van der Waals surface area contributed by atoms with Crippen molar-refractivity contribution < 1.29 is 8.83 Å². The SMILES string of the molecule is CC(C)N(c1nc(CCCCc2nc(N(C(C)C)C(C)C)nc(=[N+](C(C)C)C(C)C)o2)oc(=[N+](C(C)C)C(C)C)n1)C(C)C. The summed E-state index contributed by atoms with van der Waals surface area (Å²) in [5.74, 6) is 2.87. The van der Waals surface area contributed by atoms with Gasteiger partial charge >= 0.3 is 23.3 Å². The molecule has 2 heterocycles. The first kappa shape index (κ1) is 37.4. The lowest BCUT2D eigenvalue weighted by Gasteiger charge is -2.28. The minimum Gasteiger partial charge on any atom is -0.374 e. The summed E-state index contributed by atoms with van der Waals surface area (Å²) in [7, 11) is 0.